The molecule has 0 unspecified atom stereocenters. The summed E-state index contributed by atoms with van der Waals surface area (Å²) in [7, 11) is -4.15. The number of rotatable bonds is 8. The largest absolute Gasteiger partial charge is 0.543 e. The van der Waals surface area contributed by atoms with Crippen LogP contribution in [0.4, 0.5) is 0 Å². The van der Waals surface area contributed by atoms with E-state index in [1.54, 1.807) is 36.4 Å². The minimum atomic E-state index is -4.15. The van der Waals surface area contributed by atoms with Gasteiger partial charge in [0.05, 0.1) is 22.1 Å². The van der Waals surface area contributed by atoms with Gasteiger partial charge in [0.2, 0.25) is 0 Å². The molecular formula is C22H21N2O5S-. The van der Waals surface area contributed by atoms with Crippen molar-refractivity contribution in [1.82, 2.24) is 9.71 Å². The molecule has 0 atom stereocenters. The van der Waals surface area contributed by atoms with Crippen molar-refractivity contribution in [3.8, 4) is 0 Å². The van der Waals surface area contributed by atoms with Crippen molar-refractivity contribution < 1.29 is 23.1 Å². The van der Waals surface area contributed by atoms with Crippen LogP contribution in [-0.4, -0.2) is 25.3 Å². The third-order valence-corrected chi connectivity index (χ3v) is 6.13. The van der Waals surface area contributed by atoms with Gasteiger partial charge >= 0.3 is 0 Å². The molecule has 156 valence electrons. The number of hydrogen-bond donors (Lipinski definition) is 1. The number of carbonyl (C=O) groups excluding carboxylic acids is 2. The molecule has 1 aromatic heterocycles. The number of aryl methyl sites for hydroxylation is 1. The second-order valence-electron chi connectivity index (χ2n) is 6.89. The Balaban J connectivity index is 1.91. The van der Waals surface area contributed by atoms with E-state index < -0.39 is 21.9 Å². The normalized spacial score (nSPS) is 11.4. The molecule has 2 aromatic carbocycles. The van der Waals surface area contributed by atoms with Crippen molar-refractivity contribution in [3.63, 3.8) is 0 Å². The van der Waals surface area contributed by atoms with Crippen molar-refractivity contribution in [2.75, 3.05) is 0 Å². The summed E-state index contributed by atoms with van der Waals surface area (Å²) >= 11 is 0. The first-order chi connectivity index (χ1) is 14.3. The van der Waals surface area contributed by atoms with Crippen LogP contribution in [0.25, 0.3) is 10.8 Å². The number of nitrogens with zero attached hydrogens (tertiary/aromatic N) is 1. The smallest absolute Gasteiger partial charge is 0.266 e. The summed E-state index contributed by atoms with van der Waals surface area (Å²) in [6, 6.07) is 13.1. The van der Waals surface area contributed by atoms with Crippen molar-refractivity contribution in [2.45, 2.75) is 37.5 Å². The topological polar surface area (TPSA) is 116 Å². The molecule has 0 spiro atoms. The number of sulfonamides is 1. The maximum atomic E-state index is 12.8. The Hall–Kier alpha value is -3.26. The van der Waals surface area contributed by atoms with Crippen LogP contribution in [0.15, 0.2) is 59.6 Å². The van der Waals surface area contributed by atoms with E-state index in [0.717, 1.165) is 30.8 Å². The lowest BCUT2D eigenvalue weighted by atomic mass is 10.0. The molecule has 0 radical (unpaired) electrons. The lowest BCUT2D eigenvalue weighted by molar-refractivity contribution is -0.255. The molecule has 0 aliphatic heterocycles. The van der Waals surface area contributed by atoms with Crippen LogP contribution in [0.1, 0.15) is 52.6 Å². The molecule has 0 aliphatic carbocycles. The molecule has 1 amide bonds. The molecule has 0 fully saturated rings. The van der Waals surface area contributed by atoms with Gasteiger partial charge in [0.15, 0.2) is 0 Å². The van der Waals surface area contributed by atoms with Crippen molar-refractivity contribution in [1.29, 1.82) is 0 Å². The summed E-state index contributed by atoms with van der Waals surface area (Å²) in [5.41, 5.74) is 0.0773. The summed E-state index contributed by atoms with van der Waals surface area (Å²) in [5, 5.41) is 12.5. The molecule has 3 aromatic rings. The first-order valence-corrected chi connectivity index (χ1v) is 11.1. The third kappa shape index (κ3) is 4.65. The van der Waals surface area contributed by atoms with Crippen LogP contribution in [-0.2, 0) is 16.4 Å². The Morgan fingerprint density at radius 1 is 1.07 bits per heavy atom. The molecule has 0 bridgehead atoms. The number of benzene rings is 2. The zero-order chi connectivity index (χ0) is 21.7. The number of carboxylic acids is 1. The van der Waals surface area contributed by atoms with Gasteiger partial charge in [0.25, 0.3) is 15.9 Å². The predicted molar refractivity (Wildman–Crippen MR) is 110 cm³/mol. The van der Waals surface area contributed by atoms with E-state index in [0.29, 0.717) is 17.4 Å². The minimum absolute atomic E-state index is 0.0172. The highest BCUT2D eigenvalue weighted by Crippen LogP contribution is 2.23. The number of amides is 1. The zero-order valence-electron chi connectivity index (χ0n) is 16.4. The Bertz CT molecular complexity index is 1200. The number of unbranched alkanes of at least 4 members (excludes halogenated alkanes) is 2. The highest BCUT2D eigenvalue weighted by Gasteiger charge is 2.22. The standard InChI is InChI=1S/C22H22N2O5S/c1-2-3-4-9-16-13-17(14-23-20(16)22(26)27)21(25)24-30(28,29)19-12-7-10-15-8-5-6-11-18(15)19/h5-8,10-14H,2-4,9H2,1H3,(H,24,25)(H,26,27)/p-1. The molecule has 1 heterocycles. The Labute approximate surface area is 174 Å². The van der Waals surface area contributed by atoms with Crippen LogP contribution in [0, 0.1) is 0 Å². The van der Waals surface area contributed by atoms with Crippen LogP contribution in [0.5, 0.6) is 0 Å². The molecule has 7 nitrogen and oxygen atoms in total. The van der Waals surface area contributed by atoms with E-state index in [4.69, 9.17) is 0 Å². The minimum Gasteiger partial charge on any atom is -0.543 e. The van der Waals surface area contributed by atoms with Crippen LogP contribution in [0.3, 0.4) is 0 Å². The van der Waals surface area contributed by atoms with E-state index >= 15 is 0 Å². The number of aromatic nitrogens is 1. The van der Waals surface area contributed by atoms with Crippen LogP contribution >= 0.6 is 0 Å². The van der Waals surface area contributed by atoms with Gasteiger partial charge in [-0.3, -0.25) is 9.78 Å². The van der Waals surface area contributed by atoms with Crippen LogP contribution in [0.2, 0.25) is 0 Å². The summed E-state index contributed by atoms with van der Waals surface area (Å²) in [4.78, 5) is 27.7. The first-order valence-electron chi connectivity index (χ1n) is 9.58. The fourth-order valence-corrected chi connectivity index (χ4v) is 4.45. The summed E-state index contributed by atoms with van der Waals surface area (Å²) in [6.07, 6.45) is 4.00. The Morgan fingerprint density at radius 3 is 2.53 bits per heavy atom. The summed E-state index contributed by atoms with van der Waals surface area (Å²) in [6.45, 7) is 2.01. The molecule has 0 saturated carbocycles. The molecule has 3 rings (SSSR count). The number of fused-ring (bicyclic) bond motifs is 1. The average Bonchev–Trinajstić information content (AvgIpc) is 2.73. The monoisotopic (exact) mass is 425 g/mol. The second kappa shape index (κ2) is 9.04. The van der Waals surface area contributed by atoms with E-state index in [2.05, 4.69) is 9.71 Å². The zero-order valence-corrected chi connectivity index (χ0v) is 17.2. The van der Waals surface area contributed by atoms with Crippen molar-refractivity contribution in [2.24, 2.45) is 0 Å². The van der Waals surface area contributed by atoms with Crippen molar-refractivity contribution >= 4 is 32.7 Å². The number of carboxylic acid groups (broad SMARTS) is 1. The fraction of sp³-hybridized carbons (Fsp3) is 0.227. The number of carbonyl (C=O) groups is 2. The molecule has 1 N–H and O–H groups in total. The highest BCUT2D eigenvalue weighted by molar-refractivity contribution is 7.90. The van der Waals surface area contributed by atoms with Gasteiger partial charge in [-0.05, 0) is 35.9 Å². The van der Waals surface area contributed by atoms with E-state index in [1.807, 2.05) is 6.92 Å². The molecular weight excluding hydrogens is 404 g/mol. The third-order valence-electron chi connectivity index (χ3n) is 4.74. The first kappa shape index (κ1) is 21.4. The quantitative estimate of drug-likeness (QED) is 0.554. The van der Waals surface area contributed by atoms with E-state index in [-0.39, 0.29) is 16.2 Å². The van der Waals surface area contributed by atoms with E-state index in [1.165, 1.54) is 12.1 Å². The van der Waals surface area contributed by atoms with Gasteiger partial charge < -0.3 is 9.90 Å². The van der Waals surface area contributed by atoms with Crippen LogP contribution < -0.4 is 9.83 Å². The number of hydrogen-bond acceptors (Lipinski definition) is 6. The predicted octanol–water partition coefficient (Wildman–Crippen LogP) is 2.45. The van der Waals surface area contributed by atoms with Gasteiger partial charge in [0.1, 0.15) is 0 Å². The maximum Gasteiger partial charge on any atom is 0.266 e. The summed E-state index contributed by atoms with van der Waals surface area (Å²) < 4.78 is 27.7. The number of aromatic carboxylic acids is 1. The maximum absolute atomic E-state index is 12.8. The van der Waals surface area contributed by atoms with Gasteiger partial charge in [-0.15, -0.1) is 0 Å². The lowest BCUT2D eigenvalue weighted by Gasteiger charge is -2.13. The Kier molecular flexibility index (Phi) is 6.47. The SMILES string of the molecule is CCCCCc1cc(C(=O)NS(=O)(=O)c2cccc3ccccc23)cnc1C(=O)[O-]. The Morgan fingerprint density at radius 2 is 1.80 bits per heavy atom. The van der Waals surface area contributed by atoms with Gasteiger partial charge in [-0.1, -0.05) is 56.2 Å². The lowest BCUT2D eigenvalue weighted by Crippen LogP contribution is -2.31. The summed E-state index contributed by atoms with van der Waals surface area (Å²) in [5.74, 6) is -2.31. The second-order valence-corrected chi connectivity index (χ2v) is 8.54. The molecule has 0 aliphatic rings. The molecule has 30 heavy (non-hydrogen) atoms. The number of pyridine rings is 1. The molecule has 8 heteroatoms. The fourth-order valence-electron chi connectivity index (χ4n) is 3.24. The average molecular weight is 425 g/mol. The van der Waals surface area contributed by atoms with Gasteiger partial charge in [-0.2, -0.15) is 0 Å². The molecule has 0 saturated heterocycles. The van der Waals surface area contributed by atoms with Gasteiger partial charge in [0, 0.05) is 11.6 Å². The highest BCUT2D eigenvalue weighted by atomic mass is 32.2. The number of nitrogens with one attached hydrogen (secondary N) is 1. The van der Waals surface area contributed by atoms with Crippen molar-refractivity contribution in [3.05, 3.63) is 71.5 Å². The van der Waals surface area contributed by atoms with Gasteiger partial charge in [-0.25, -0.2) is 13.1 Å². The van der Waals surface area contributed by atoms with E-state index in [9.17, 15) is 23.1 Å².